The van der Waals surface area contributed by atoms with Gasteiger partial charge in [0.1, 0.15) is 0 Å². The van der Waals surface area contributed by atoms with E-state index in [4.69, 9.17) is 0 Å². The molecule has 0 unspecified atom stereocenters. The summed E-state index contributed by atoms with van der Waals surface area (Å²) in [6.45, 7) is 2.62. The van der Waals surface area contributed by atoms with Crippen LogP contribution < -0.4 is 0 Å². The van der Waals surface area contributed by atoms with Crippen LogP contribution in [0.15, 0.2) is 26.7 Å². The van der Waals surface area contributed by atoms with Crippen molar-refractivity contribution in [1.29, 1.82) is 0 Å². The lowest BCUT2D eigenvalue weighted by atomic mass is 10.2. The molecule has 0 radical (unpaired) electrons. The molecule has 2 nitrogen and oxygen atoms in total. The molecular weight excluding hydrogens is 318 g/mol. The molecule has 0 fully saturated rings. The van der Waals surface area contributed by atoms with Gasteiger partial charge in [-0.05, 0) is 56.9 Å². The van der Waals surface area contributed by atoms with Gasteiger partial charge in [-0.25, -0.2) is 0 Å². The fourth-order valence-corrected chi connectivity index (χ4v) is 3.66. The van der Waals surface area contributed by atoms with E-state index in [2.05, 4.69) is 27.4 Å². The Hall–Kier alpha value is -0.650. The van der Waals surface area contributed by atoms with Crippen molar-refractivity contribution in [3.63, 3.8) is 0 Å². The van der Waals surface area contributed by atoms with E-state index >= 15 is 0 Å². The molecule has 0 saturated heterocycles. The molecule has 17 heavy (non-hydrogen) atoms. The van der Waals surface area contributed by atoms with Crippen LogP contribution in [-0.4, -0.2) is 17.9 Å². The molecule has 5 heteroatoms. The lowest BCUT2D eigenvalue weighted by molar-refractivity contribution is 0.0789. The van der Waals surface area contributed by atoms with Crippen molar-refractivity contribution in [2.75, 3.05) is 7.05 Å². The maximum Gasteiger partial charge on any atom is 0.264 e. The Kier molecular flexibility index (Phi) is 4.01. The fourth-order valence-electron chi connectivity index (χ4n) is 1.54. The van der Waals surface area contributed by atoms with Crippen LogP contribution in [0, 0.1) is 6.92 Å². The molecule has 0 bridgehead atoms. The van der Waals surface area contributed by atoms with Gasteiger partial charge in [-0.2, -0.15) is 0 Å². The number of carbonyl (C=O) groups is 1. The first-order valence-corrected chi connectivity index (χ1v) is 7.65. The summed E-state index contributed by atoms with van der Waals surface area (Å²) < 4.78 is 1.10. The van der Waals surface area contributed by atoms with Crippen molar-refractivity contribution in [1.82, 2.24) is 4.90 Å². The molecule has 2 aromatic heterocycles. The number of aryl methyl sites for hydroxylation is 1. The molecule has 0 aromatic carbocycles. The SMILES string of the molecule is Cc1ccsc1C(=O)N(C)Cc1csc(Br)c1. The van der Waals surface area contributed by atoms with Crippen molar-refractivity contribution < 1.29 is 4.79 Å². The highest BCUT2D eigenvalue weighted by Crippen LogP contribution is 2.23. The van der Waals surface area contributed by atoms with E-state index in [1.807, 2.05) is 25.4 Å². The Morgan fingerprint density at radius 3 is 2.76 bits per heavy atom. The quantitative estimate of drug-likeness (QED) is 0.828. The Bertz CT molecular complexity index is 532. The highest BCUT2D eigenvalue weighted by Gasteiger charge is 2.15. The van der Waals surface area contributed by atoms with E-state index in [1.54, 1.807) is 16.2 Å². The Morgan fingerprint density at radius 2 is 2.24 bits per heavy atom. The molecule has 1 amide bonds. The van der Waals surface area contributed by atoms with Crippen LogP contribution in [0.3, 0.4) is 0 Å². The molecule has 2 rings (SSSR count). The van der Waals surface area contributed by atoms with Gasteiger partial charge in [0.15, 0.2) is 0 Å². The van der Waals surface area contributed by atoms with Crippen molar-refractivity contribution >= 4 is 44.5 Å². The molecule has 2 heterocycles. The molecule has 90 valence electrons. The highest BCUT2D eigenvalue weighted by atomic mass is 79.9. The van der Waals surface area contributed by atoms with Gasteiger partial charge in [0, 0.05) is 13.6 Å². The van der Waals surface area contributed by atoms with Crippen molar-refractivity contribution in [2.24, 2.45) is 0 Å². The van der Waals surface area contributed by atoms with Gasteiger partial charge in [0.2, 0.25) is 0 Å². The molecule has 0 atom stereocenters. The topological polar surface area (TPSA) is 20.3 Å². The van der Waals surface area contributed by atoms with Crippen molar-refractivity contribution in [3.8, 4) is 0 Å². The third kappa shape index (κ3) is 2.97. The maximum atomic E-state index is 12.2. The number of carbonyl (C=O) groups excluding carboxylic acids is 1. The first-order chi connectivity index (χ1) is 8.08. The first kappa shape index (κ1) is 12.8. The van der Waals surface area contributed by atoms with E-state index in [9.17, 15) is 4.79 Å². The first-order valence-electron chi connectivity index (χ1n) is 5.10. The minimum absolute atomic E-state index is 0.0971. The van der Waals surface area contributed by atoms with Crippen LogP contribution in [0.2, 0.25) is 0 Å². The van der Waals surface area contributed by atoms with Gasteiger partial charge in [0.25, 0.3) is 5.91 Å². The van der Waals surface area contributed by atoms with Gasteiger partial charge >= 0.3 is 0 Å². The van der Waals surface area contributed by atoms with E-state index in [0.717, 1.165) is 19.8 Å². The Balaban J connectivity index is 2.08. The third-order valence-corrected chi connectivity index (χ3v) is 5.00. The zero-order chi connectivity index (χ0) is 12.4. The van der Waals surface area contributed by atoms with Crippen LogP contribution >= 0.6 is 38.6 Å². The molecule has 0 aliphatic rings. The molecular formula is C12H12BrNOS2. The van der Waals surface area contributed by atoms with E-state index < -0.39 is 0 Å². The number of halogens is 1. The van der Waals surface area contributed by atoms with Gasteiger partial charge in [0.05, 0.1) is 8.66 Å². The molecule has 2 aromatic rings. The lowest BCUT2D eigenvalue weighted by Gasteiger charge is -2.15. The van der Waals surface area contributed by atoms with Gasteiger partial charge < -0.3 is 4.90 Å². The number of amides is 1. The summed E-state index contributed by atoms with van der Waals surface area (Å²) in [7, 11) is 1.84. The normalized spacial score (nSPS) is 10.5. The maximum absolute atomic E-state index is 12.2. The summed E-state index contributed by atoms with van der Waals surface area (Å²) in [5.41, 5.74) is 2.21. The van der Waals surface area contributed by atoms with Crippen LogP contribution in [0.5, 0.6) is 0 Å². The average Bonchev–Trinajstić information content (AvgIpc) is 2.86. The van der Waals surface area contributed by atoms with Gasteiger partial charge in [-0.15, -0.1) is 22.7 Å². The molecule has 0 aliphatic carbocycles. The number of hydrogen-bond acceptors (Lipinski definition) is 3. The van der Waals surface area contributed by atoms with E-state index in [1.165, 1.54) is 11.3 Å². The second-order valence-corrected chi connectivity index (χ2v) is 7.06. The Morgan fingerprint density at radius 1 is 1.47 bits per heavy atom. The summed E-state index contributed by atoms with van der Waals surface area (Å²) in [6.07, 6.45) is 0. The zero-order valence-corrected chi connectivity index (χ0v) is 12.8. The van der Waals surface area contributed by atoms with Gasteiger partial charge in [-0.1, -0.05) is 0 Å². The van der Waals surface area contributed by atoms with Crippen LogP contribution in [0.4, 0.5) is 0 Å². The van der Waals surface area contributed by atoms with Crippen LogP contribution in [0.25, 0.3) is 0 Å². The molecule has 0 N–H and O–H groups in total. The summed E-state index contributed by atoms with van der Waals surface area (Å²) in [6, 6.07) is 4.03. The number of hydrogen-bond donors (Lipinski definition) is 0. The highest BCUT2D eigenvalue weighted by molar-refractivity contribution is 9.11. The predicted molar refractivity (Wildman–Crippen MR) is 76.9 cm³/mol. The summed E-state index contributed by atoms with van der Waals surface area (Å²) in [5, 5.41) is 4.02. The average molecular weight is 330 g/mol. The van der Waals surface area contributed by atoms with Crippen molar-refractivity contribution in [2.45, 2.75) is 13.5 Å². The lowest BCUT2D eigenvalue weighted by Crippen LogP contribution is -2.25. The number of rotatable bonds is 3. The van der Waals surface area contributed by atoms with Crippen molar-refractivity contribution in [3.05, 3.63) is 42.7 Å². The molecule has 0 saturated carbocycles. The fraction of sp³-hybridized carbons (Fsp3) is 0.250. The largest absolute Gasteiger partial charge is 0.337 e. The molecule has 0 aliphatic heterocycles. The monoisotopic (exact) mass is 329 g/mol. The number of thiophene rings is 2. The third-order valence-electron chi connectivity index (χ3n) is 2.44. The van der Waals surface area contributed by atoms with Gasteiger partial charge in [-0.3, -0.25) is 4.79 Å². The standard InChI is InChI=1S/C12H12BrNOS2/c1-8-3-4-16-11(8)12(15)14(2)6-9-5-10(13)17-7-9/h3-5,7H,6H2,1-2H3. The van der Waals surface area contributed by atoms with Crippen LogP contribution in [0.1, 0.15) is 20.8 Å². The Labute approximate surface area is 117 Å². The smallest absolute Gasteiger partial charge is 0.264 e. The summed E-state index contributed by atoms with van der Waals surface area (Å²) >= 11 is 6.57. The van der Waals surface area contributed by atoms with E-state index in [-0.39, 0.29) is 5.91 Å². The second kappa shape index (κ2) is 5.33. The second-order valence-electron chi connectivity index (χ2n) is 3.85. The summed E-state index contributed by atoms with van der Waals surface area (Å²) in [5.74, 6) is 0.0971. The molecule has 0 spiro atoms. The minimum atomic E-state index is 0.0971. The summed E-state index contributed by atoms with van der Waals surface area (Å²) in [4.78, 5) is 14.8. The number of nitrogens with zero attached hydrogens (tertiary/aromatic N) is 1. The predicted octanol–water partition coefficient (Wildman–Crippen LogP) is 4.15. The minimum Gasteiger partial charge on any atom is -0.337 e. The zero-order valence-electron chi connectivity index (χ0n) is 9.57. The van der Waals surface area contributed by atoms with E-state index in [0.29, 0.717) is 6.54 Å². The van der Waals surface area contributed by atoms with Crippen LogP contribution in [-0.2, 0) is 6.54 Å².